The van der Waals surface area contributed by atoms with Crippen LogP contribution in [0.2, 0.25) is 0 Å². The summed E-state index contributed by atoms with van der Waals surface area (Å²) in [4.78, 5) is 23.7. The van der Waals surface area contributed by atoms with Gasteiger partial charge in [0, 0.05) is 17.8 Å². The third-order valence-electron chi connectivity index (χ3n) is 2.95. The summed E-state index contributed by atoms with van der Waals surface area (Å²) >= 11 is 0. The molecule has 0 bridgehead atoms. The van der Waals surface area contributed by atoms with E-state index >= 15 is 0 Å². The molecule has 0 heterocycles. The molecule has 0 aliphatic rings. The Labute approximate surface area is 132 Å². The van der Waals surface area contributed by atoms with Gasteiger partial charge in [-0.15, -0.1) is 12.4 Å². The van der Waals surface area contributed by atoms with Crippen LogP contribution in [-0.4, -0.2) is 24.4 Å². The standard InChI is InChI=1S/C15H23N3O2.ClH/c1-4-8-17-14(19)11-6-5-7-12(9-11)18-15(20)13(16)10(2)3;/h5-7,9-10,13H,4,8,16H2,1-3H3,(H,17,19)(H,18,20);1H/t13-;/m1./s1. The second kappa shape index (κ2) is 9.37. The van der Waals surface area contributed by atoms with Gasteiger partial charge in [-0.1, -0.05) is 26.8 Å². The zero-order valence-corrected chi connectivity index (χ0v) is 13.5. The summed E-state index contributed by atoms with van der Waals surface area (Å²) < 4.78 is 0. The number of halogens is 1. The lowest BCUT2D eigenvalue weighted by Crippen LogP contribution is -2.39. The highest BCUT2D eigenvalue weighted by molar-refractivity contribution is 5.98. The molecular weight excluding hydrogens is 290 g/mol. The number of anilines is 1. The number of nitrogens with one attached hydrogen (secondary N) is 2. The van der Waals surface area contributed by atoms with Gasteiger partial charge in [-0.2, -0.15) is 0 Å². The molecule has 1 aromatic carbocycles. The third kappa shape index (κ3) is 6.14. The second-order valence-electron chi connectivity index (χ2n) is 5.10. The summed E-state index contributed by atoms with van der Waals surface area (Å²) in [5, 5.41) is 5.52. The van der Waals surface area contributed by atoms with E-state index in [1.807, 2.05) is 20.8 Å². The number of amides is 2. The van der Waals surface area contributed by atoms with Crippen molar-refractivity contribution in [2.75, 3.05) is 11.9 Å². The molecule has 1 rings (SSSR count). The van der Waals surface area contributed by atoms with Crippen molar-refractivity contribution in [3.8, 4) is 0 Å². The maximum atomic E-state index is 11.9. The summed E-state index contributed by atoms with van der Waals surface area (Å²) in [6.07, 6.45) is 0.880. The molecule has 0 saturated carbocycles. The molecule has 4 N–H and O–H groups in total. The second-order valence-corrected chi connectivity index (χ2v) is 5.10. The lowest BCUT2D eigenvalue weighted by atomic mass is 10.0. The Balaban J connectivity index is 0.00000400. The van der Waals surface area contributed by atoms with Crippen LogP contribution in [0.4, 0.5) is 5.69 Å². The summed E-state index contributed by atoms with van der Waals surface area (Å²) in [5.74, 6) is -0.326. The molecule has 0 unspecified atom stereocenters. The molecule has 6 heteroatoms. The van der Waals surface area contributed by atoms with Crippen LogP contribution >= 0.6 is 12.4 Å². The number of rotatable bonds is 6. The van der Waals surface area contributed by atoms with E-state index in [1.165, 1.54) is 0 Å². The number of nitrogens with two attached hydrogens (primary N) is 1. The largest absolute Gasteiger partial charge is 0.352 e. The first-order valence-electron chi connectivity index (χ1n) is 6.90. The Kier molecular flexibility index (Phi) is 8.66. The van der Waals surface area contributed by atoms with Gasteiger partial charge in [0.25, 0.3) is 5.91 Å². The van der Waals surface area contributed by atoms with E-state index in [0.29, 0.717) is 17.8 Å². The SMILES string of the molecule is CCCNC(=O)c1cccc(NC(=O)[C@H](N)C(C)C)c1.Cl. The van der Waals surface area contributed by atoms with Crippen LogP contribution in [0.15, 0.2) is 24.3 Å². The van der Waals surface area contributed by atoms with Crippen molar-refractivity contribution in [1.82, 2.24) is 5.32 Å². The first-order chi connectivity index (χ1) is 9.45. The highest BCUT2D eigenvalue weighted by Gasteiger charge is 2.17. The van der Waals surface area contributed by atoms with Gasteiger partial charge in [0.15, 0.2) is 0 Å². The molecule has 2 amide bonds. The van der Waals surface area contributed by atoms with Crippen LogP contribution in [0.25, 0.3) is 0 Å². The van der Waals surface area contributed by atoms with E-state index in [9.17, 15) is 9.59 Å². The Morgan fingerprint density at radius 2 is 1.95 bits per heavy atom. The van der Waals surface area contributed by atoms with E-state index < -0.39 is 6.04 Å². The van der Waals surface area contributed by atoms with E-state index in [-0.39, 0.29) is 30.1 Å². The van der Waals surface area contributed by atoms with Crippen molar-refractivity contribution in [1.29, 1.82) is 0 Å². The quantitative estimate of drug-likeness (QED) is 0.752. The van der Waals surface area contributed by atoms with Crippen molar-refractivity contribution in [3.05, 3.63) is 29.8 Å². The predicted molar refractivity (Wildman–Crippen MR) is 87.8 cm³/mol. The molecule has 5 nitrogen and oxygen atoms in total. The smallest absolute Gasteiger partial charge is 0.251 e. The van der Waals surface area contributed by atoms with Gasteiger partial charge in [-0.05, 0) is 30.5 Å². The molecule has 118 valence electrons. The van der Waals surface area contributed by atoms with Crippen LogP contribution in [-0.2, 0) is 4.79 Å². The normalized spacial score (nSPS) is 11.5. The van der Waals surface area contributed by atoms with Crippen LogP contribution in [0.3, 0.4) is 0 Å². The van der Waals surface area contributed by atoms with Gasteiger partial charge in [-0.25, -0.2) is 0 Å². The topological polar surface area (TPSA) is 84.2 Å². The fourth-order valence-electron chi connectivity index (χ4n) is 1.61. The van der Waals surface area contributed by atoms with Gasteiger partial charge in [0.05, 0.1) is 6.04 Å². The van der Waals surface area contributed by atoms with Gasteiger partial charge in [-0.3, -0.25) is 9.59 Å². The number of benzene rings is 1. The first kappa shape index (κ1) is 19.4. The molecule has 0 aliphatic heterocycles. The van der Waals surface area contributed by atoms with Gasteiger partial charge >= 0.3 is 0 Å². The Morgan fingerprint density at radius 3 is 2.52 bits per heavy atom. The highest BCUT2D eigenvalue weighted by Crippen LogP contribution is 2.12. The number of hydrogen-bond acceptors (Lipinski definition) is 3. The Morgan fingerprint density at radius 1 is 1.29 bits per heavy atom. The summed E-state index contributed by atoms with van der Waals surface area (Å²) in [5.41, 5.74) is 6.88. The number of hydrogen-bond donors (Lipinski definition) is 3. The fraction of sp³-hybridized carbons (Fsp3) is 0.467. The monoisotopic (exact) mass is 313 g/mol. The van der Waals surface area contributed by atoms with Crippen LogP contribution in [0.1, 0.15) is 37.6 Å². The number of carbonyl (C=O) groups excluding carboxylic acids is 2. The van der Waals surface area contributed by atoms with Crippen LogP contribution < -0.4 is 16.4 Å². The maximum Gasteiger partial charge on any atom is 0.251 e. The first-order valence-corrected chi connectivity index (χ1v) is 6.90. The van der Waals surface area contributed by atoms with E-state index in [4.69, 9.17) is 5.73 Å². The van der Waals surface area contributed by atoms with Gasteiger partial charge < -0.3 is 16.4 Å². The molecule has 0 aromatic heterocycles. The van der Waals surface area contributed by atoms with Gasteiger partial charge in [0.1, 0.15) is 0 Å². The zero-order chi connectivity index (χ0) is 15.1. The van der Waals surface area contributed by atoms with E-state index in [1.54, 1.807) is 24.3 Å². The summed E-state index contributed by atoms with van der Waals surface area (Å²) in [7, 11) is 0. The maximum absolute atomic E-state index is 11.9. The molecule has 0 spiro atoms. The minimum Gasteiger partial charge on any atom is -0.352 e. The van der Waals surface area contributed by atoms with E-state index in [2.05, 4.69) is 10.6 Å². The van der Waals surface area contributed by atoms with Crippen molar-refractivity contribution < 1.29 is 9.59 Å². The van der Waals surface area contributed by atoms with Crippen molar-refractivity contribution in [2.45, 2.75) is 33.2 Å². The molecule has 0 saturated heterocycles. The number of carbonyl (C=O) groups is 2. The minimum absolute atomic E-state index is 0. The fourth-order valence-corrected chi connectivity index (χ4v) is 1.61. The summed E-state index contributed by atoms with van der Waals surface area (Å²) in [6.45, 7) is 6.40. The lowest BCUT2D eigenvalue weighted by Gasteiger charge is -2.15. The van der Waals surface area contributed by atoms with Crippen molar-refractivity contribution in [2.24, 2.45) is 11.7 Å². The van der Waals surface area contributed by atoms with E-state index in [0.717, 1.165) is 6.42 Å². The molecule has 0 radical (unpaired) electrons. The average Bonchev–Trinajstić information content (AvgIpc) is 2.43. The highest BCUT2D eigenvalue weighted by atomic mass is 35.5. The summed E-state index contributed by atoms with van der Waals surface area (Å²) in [6, 6.07) is 6.27. The third-order valence-corrected chi connectivity index (χ3v) is 2.95. The average molecular weight is 314 g/mol. The lowest BCUT2D eigenvalue weighted by molar-refractivity contribution is -0.118. The molecule has 21 heavy (non-hydrogen) atoms. The molecule has 1 atom stereocenters. The molecule has 0 fully saturated rings. The predicted octanol–water partition coefficient (Wildman–Crippen LogP) is 2.17. The van der Waals surface area contributed by atoms with Crippen LogP contribution in [0.5, 0.6) is 0 Å². The van der Waals surface area contributed by atoms with Crippen LogP contribution in [0, 0.1) is 5.92 Å². The Bertz CT molecular complexity index is 478. The molecule has 1 aromatic rings. The Hall–Kier alpha value is -1.59. The van der Waals surface area contributed by atoms with Crippen molar-refractivity contribution >= 4 is 29.9 Å². The van der Waals surface area contributed by atoms with Crippen molar-refractivity contribution in [3.63, 3.8) is 0 Å². The van der Waals surface area contributed by atoms with Gasteiger partial charge in [0.2, 0.25) is 5.91 Å². The zero-order valence-electron chi connectivity index (χ0n) is 12.7. The minimum atomic E-state index is -0.562. The molecular formula is C15H24ClN3O2. The molecule has 0 aliphatic carbocycles.